The topological polar surface area (TPSA) is 90.3 Å². The average molecular weight is 214 g/mol. The molecule has 15 heavy (non-hydrogen) atoms. The van der Waals surface area contributed by atoms with E-state index < -0.39 is 35.1 Å². The predicted molar refractivity (Wildman–Crippen MR) is 47.4 cm³/mol. The molecule has 4 nitrogen and oxygen atoms in total. The van der Waals surface area contributed by atoms with Crippen LogP contribution >= 0.6 is 0 Å². The summed E-state index contributed by atoms with van der Waals surface area (Å²) in [6.07, 6.45) is -3.62. The zero-order valence-electron chi connectivity index (χ0n) is 7.48. The van der Waals surface area contributed by atoms with Crippen LogP contribution in [-0.2, 0) is 0 Å². The lowest BCUT2D eigenvalue weighted by Gasteiger charge is -2.13. The molecular formula is C9H8F2N2O2. The van der Waals surface area contributed by atoms with E-state index in [0.29, 0.717) is 0 Å². The van der Waals surface area contributed by atoms with Crippen LogP contribution in [0.2, 0.25) is 0 Å². The molecule has 4 N–H and O–H groups in total. The van der Waals surface area contributed by atoms with Crippen molar-refractivity contribution >= 4 is 5.69 Å². The quantitative estimate of drug-likeness (QED) is 0.493. The van der Waals surface area contributed by atoms with Crippen molar-refractivity contribution < 1.29 is 19.0 Å². The molecule has 0 saturated heterocycles. The minimum absolute atomic E-state index is 0.408. The van der Waals surface area contributed by atoms with Gasteiger partial charge in [0.05, 0.1) is 11.8 Å². The van der Waals surface area contributed by atoms with E-state index in [9.17, 15) is 13.9 Å². The van der Waals surface area contributed by atoms with Gasteiger partial charge in [-0.25, -0.2) is 8.78 Å². The number of hydrogen-bond donors (Lipinski definition) is 3. The summed E-state index contributed by atoms with van der Waals surface area (Å²) >= 11 is 0. The number of nitrogen functional groups attached to an aromatic ring is 1. The van der Waals surface area contributed by atoms with Crippen molar-refractivity contribution in [2.24, 2.45) is 0 Å². The fraction of sp³-hybridized carbons (Fsp3) is 0.222. The van der Waals surface area contributed by atoms with E-state index >= 15 is 0 Å². The lowest BCUT2D eigenvalue weighted by atomic mass is 10.0. The highest BCUT2D eigenvalue weighted by molar-refractivity contribution is 5.43. The van der Waals surface area contributed by atoms with E-state index in [2.05, 4.69) is 0 Å². The van der Waals surface area contributed by atoms with Crippen LogP contribution in [0.25, 0.3) is 0 Å². The third-order valence-corrected chi connectivity index (χ3v) is 1.89. The van der Waals surface area contributed by atoms with E-state index in [1.807, 2.05) is 0 Å². The largest absolute Gasteiger partial charge is 0.396 e. The Labute approximate surface area is 84.2 Å². The Hall–Kier alpha value is -1.71. The number of halogens is 2. The fourth-order valence-electron chi connectivity index (χ4n) is 1.05. The molecule has 0 saturated carbocycles. The van der Waals surface area contributed by atoms with Gasteiger partial charge in [-0.05, 0) is 6.07 Å². The van der Waals surface area contributed by atoms with Crippen molar-refractivity contribution in [3.05, 3.63) is 29.3 Å². The van der Waals surface area contributed by atoms with Crippen molar-refractivity contribution in [3.63, 3.8) is 0 Å². The Balaban J connectivity index is 3.17. The SMILES string of the molecule is N#CC(O)C(O)c1ccc(N)c(F)c1F. The molecule has 0 bridgehead atoms. The van der Waals surface area contributed by atoms with Crippen LogP contribution in [0.3, 0.4) is 0 Å². The fourth-order valence-corrected chi connectivity index (χ4v) is 1.05. The normalized spacial score (nSPS) is 14.3. The Morgan fingerprint density at radius 1 is 1.27 bits per heavy atom. The summed E-state index contributed by atoms with van der Waals surface area (Å²) in [6.45, 7) is 0. The van der Waals surface area contributed by atoms with Crippen molar-refractivity contribution in [1.29, 1.82) is 5.26 Å². The first-order valence-corrected chi connectivity index (χ1v) is 3.98. The minimum Gasteiger partial charge on any atom is -0.396 e. The van der Waals surface area contributed by atoms with Gasteiger partial charge >= 0.3 is 0 Å². The summed E-state index contributed by atoms with van der Waals surface area (Å²) in [5, 5.41) is 26.5. The number of hydrogen-bond acceptors (Lipinski definition) is 4. The maximum absolute atomic E-state index is 13.2. The maximum atomic E-state index is 13.2. The van der Waals surface area contributed by atoms with Gasteiger partial charge in [-0.15, -0.1) is 0 Å². The lowest BCUT2D eigenvalue weighted by molar-refractivity contribution is 0.0499. The van der Waals surface area contributed by atoms with Gasteiger partial charge in [0.25, 0.3) is 0 Å². The molecule has 0 aromatic heterocycles. The number of rotatable bonds is 2. The zero-order valence-corrected chi connectivity index (χ0v) is 7.48. The first-order valence-electron chi connectivity index (χ1n) is 3.98. The summed E-state index contributed by atoms with van der Waals surface area (Å²) in [5.41, 5.74) is 4.16. The summed E-state index contributed by atoms with van der Waals surface area (Å²) < 4.78 is 26.1. The summed E-state index contributed by atoms with van der Waals surface area (Å²) in [7, 11) is 0. The van der Waals surface area contributed by atoms with Crippen LogP contribution in [0.15, 0.2) is 12.1 Å². The Kier molecular flexibility index (Phi) is 3.19. The maximum Gasteiger partial charge on any atom is 0.182 e. The molecule has 0 aliphatic heterocycles. The second kappa shape index (κ2) is 4.21. The number of nitrogens with zero attached hydrogens (tertiary/aromatic N) is 1. The van der Waals surface area contributed by atoms with Crippen LogP contribution in [0.1, 0.15) is 11.7 Å². The second-order valence-electron chi connectivity index (χ2n) is 2.89. The molecule has 1 aromatic carbocycles. The number of aliphatic hydroxyl groups excluding tert-OH is 2. The summed E-state index contributed by atoms with van der Waals surface area (Å²) in [5.74, 6) is -2.67. The molecule has 0 radical (unpaired) electrons. The van der Waals surface area contributed by atoms with Crippen molar-refractivity contribution in [1.82, 2.24) is 0 Å². The minimum atomic E-state index is -1.82. The standard InChI is InChI=1S/C9H8F2N2O2/c10-7-4(9(15)6(14)3-12)1-2-5(13)8(7)11/h1-2,6,9,14-15H,13H2. The van der Waals surface area contributed by atoms with Gasteiger partial charge in [0.2, 0.25) is 0 Å². The molecule has 2 unspecified atom stereocenters. The molecule has 80 valence electrons. The van der Waals surface area contributed by atoms with Crippen molar-refractivity contribution in [2.45, 2.75) is 12.2 Å². The first-order chi connectivity index (χ1) is 6.99. The van der Waals surface area contributed by atoms with E-state index in [4.69, 9.17) is 16.1 Å². The molecule has 0 amide bonds. The number of nitrogens with two attached hydrogens (primary N) is 1. The Morgan fingerprint density at radius 2 is 1.87 bits per heavy atom. The van der Waals surface area contributed by atoms with Gasteiger partial charge in [0.1, 0.15) is 6.10 Å². The van der Waals surface area contributed by atoms with E-state index in [-0.39, 0.29) is 0 Å². The highest BCUT2D eigenvalue weighted by Crippen LogP contribution is 2.24. The highest BCUT2D eigenvalue weighted by atomic mass is 19.2. The van der Waals surface area contributed by atoms with E-state index in [0.717, 1.165) is 12.1 Å². The highest BCUT2D eigenvalue weighted by Gasteiger charge is 2.23. The van der Waals surface area contributed by atoms with Crippen LogP contribution < -0.4 is 5.73 Å². The van der Waals surface area contributed by atoms with Crippen molar-refractivity contribution in [2.75, 3.05) is 5.73 Å². The molecule has 6 heteroatoms. The van der Waals surface area contributed by atoms with Gasteiger partial charge in [-0.2, -0.15) is 5.26 Å². The third-order valence-electron chi connectivity index (χ3n) is 1.89. The molecule has 2 atom stereocenters. The number of aliphatic hydroxyl groups is 2. The molecule has 1 aromatic rings. The lowest BCUT2D eigenvalue weighted by Crippen LogP contribution is -2.18. The summed E-state index contributed by atoms with van der Waals surface area (Å²) in [4.78, 5) is 0. The Bertz CT molecular complexity index is 417. The molecule has 0 aliphatic carbocycles. The third kappa shape index (κ3) is 2.03. The molecular weight excluding hydrogens is 206 g/mol. The smallest absolute Gasteiger partial charge is 0.182 e. The van der Waals surface area contributed by atoms with Gasteiger partial charge in [0, 0.05) is 5.56 Å². The first kappa shape index (κ1) is 11.4. The Morgan fingerprint density at radius 3 is 2.40 bits per heavy atom. The molecule has 1 rings (SSSR count). The van der Waals surface area contributed by atoms with Gasteiger partial charge in [-0.3, -0.25) is 0 Å². The van der Waals surface area contributed by atoms with E-state index in [1.54, 1.807) is 0 Å². The molecule has 0 fully saturated rings. The number of benzene rings is 1. The van der Waals surface area contributed by atoms with Crippen LogP contribution in [0.4, 0.5) is 14.5 Å². The average Bonchev–Trinajstić information content (AvgIpc) is 2.24. The zero-order chi connectivity index (χ0) is 11.6. The van der Waals surface area contributed by atoms with Gasteiger partial charge in [-0.1, -0.05) is 6.07 Å². The number of nitriles is 1. The van der Waals surface area contributed by atoms with Crippen LogP contribution in [-0.4, -0.2) is 16.3 Å². The van der Waals surface area contributed by atoms with Gasteiger partial charge in [0.15, 0.2) is 17.7 Å². The van der Waals surface area contributed by atoms with Crippen molar-refractivity contribution in [3.8, 4) is 6.07 Å². The molecule has 0 aliphatic rings. The summed E-state index contributed by atoms with van der Waals surface area (Å²) in [6, 6.07) is 3.37. The van der Waals surface area contributed by atoms with E-state index in [1.165, 1.54) is 6.07 Å². The van der Waals surface area contributed by atoms with Crippen LogP contribution in [0, 0.1) is 23.0 Å². The van der Waals surface area contributed by atoms with Crippen LogP contribution in [0.5, 0.6) is 0 Å². The molecule has 0 heterocycles. The number of anilines is 1. The monoisotopic (exact) mass is 214 g/mol. The predicted octanol–water partition coefficient (Wildman–Crippen LogP) is 0.465. The molecule has 0 spiro atoms. The van der Waals surface area contributed by atoms with Gasteiger partial charge < -0.3 is 15.9 Å². The second-order valence-corrected chi connectivity index (χ2v) is 2.89.